The molecule has 0 saturated carbocycles. The number of hydrogen-bond acceptors (Lipinski definition) is 6. The number of fused-ring (bicyclic) bond motifs is 1. The van der Waals surface area contributed by atoms with Gasteiger partial charge in [-0.05, 0) is 46.1 Å². The molecule has 2 aromatic rings. The van der Waals surface area contributed by atoms with Crippen LogP contribution in [0.25, 0.3) is 10.1 Å². The SMILES string of the molecule is CCOC(=O)c1sc2cc(B3OC(C)(C)C(C)(C)O3)ccc2c1N. The molecule has 2 heterocycles. The van der Waals surface area contributed by atoms with Crippen molar-refractivity contribution in [3.05, 3.63) is 23.1 Å². The Kier molecular flexibility index (Phi) is 4.14. The van der Waals surface area contributed by atoms with E-state index in [-0.39, 0.29) is 5.97 Å². The fourth-order valence-corrected chi connectivity index (χ4v) is 3.67. The lowest BCUT2D eigenvalue weighted by molar-refractivity contribution is 0.00578. The molecule has 0 bridgehead atoms. The smallest absolute Gasteiger partial charge is 0.462 e. The molecule has 1 aromatic carbocycles. The second-order valence-electron chi connectivity index (χ2n) is 6.91. The monoisotopic (exact) mass is 347 g/mol. The van der Waals surface area contributed by atoms with E-state index in [1.165, 1.54) is 11.3 Å². The lowest BCUT2D eigenvalue weighted by Gasteiger charge is -2.32. The Morgan fingerprint density at radius 2 is 1.88 bits per heavy atom. The Hall–Kier alpha value is -1.57. The van der Waals surface area contributed by atoms with Crippen LogP contribution >= 0.6 is 11.3 Å². The molecule has 1 aliphatic heterocycles. The molecule has 0 radical (unpaired) electrons. The molecule has 128 valence electrons. The van der Waals surface area contributed by atoms with E-state index in [1.54, 1.807) is 6.92 Å². The Morgan fingerprint density at radius 1 is 1.25 bits per heavy atom. The predicted molar refractivity (Wildman–Crippen MR) is 97.9 cm³/mol. The van der Waals surface area contributed by atoms with Gasteiger partial charge >= 0.3 is 13.1 Å². The summed E-state index contributed by atoms with van der Waals surface area (Å²) in [6, 6.07) is 5.81. The number of ether oxygens (including phenoxy) is 1. The zero-order valence-corrected chi connectivity index (χ0v) is 15.5. The maximum absolute atomic E-state index is 12.0. The first-order valence-electron chi connectivity index (χ1n) is 8.01. The first kappa shape index (κ1) is 17.3. The van der Waals surface area contributed by atoms with Gasteiger partial charge in [0.25, 0.3) is 0 Å². The number of hydrogen-bond donors (Lipinski definition) is 1. The summed E-state index contributed by atoms with van der Waals surface area (Å²) in [6.45, 7) is 10.2. The van der Waals surface area contributed by atoms with E-state index in [0.29, 0.717) is 17.2 Å². The largest absolute Gasteiger partial charge is 0.494 e. The van der Waals surface area contributed by atoms with Crippen molar-refractivity contribution < 1.29 is 18.8 Å². The maximum Gasteiger partial charge on any atom is 0.494 e. The van der Waals surface area contributed by atoms with Crippen molar-refractivity contribution in [3.8, 4) is 0 Å². The van der Waals surface area contributed by atoms with Crippen molar-refractivity contribution in [2.24, 2.45) is 0 Å². The Labute approximate surface area is 146 Å². The van der Waals surface area contributed by atoms with Gasteiger partial charge in [0.2, 0.25) is 0 Å². The number of nitrogens with two attached hydrogens (primary N) is 1. The molecule has 0 atom stereocenters. The van der Waals surface area contributed by atoms with Crippen molar-refractivity contribution in [1.82, 2.24) is 0 Å². The van der Waals surface area contributed by atoms with E-state index < -0.39 is 18.3 Å². The molecule has 5 nitrogen and oxygen atoms in total. The molecule has 0 spiro atoms. The van der Waals surface area contributed by atoms with Crippen LogP contribution in [0.2, 0.25) is 0 Å². The van der Waals surface area contributed by atoms with Gasteiger partial charge in [-0.3, -0.25) is 0 Å². The van der Waals surface area contributed by atoms with Gasteiger partial charge in [0.1, 0.15) is 4.88 Å². The number of benzene rings is 1. The molecule has 24 heavy (non-hydrogen) atoms. The fourth-order valence-electron chi connectivity index (χ4n) is 2.61. The highest BCUT2D eigenvalue weighted by Crippen LogP contribution is 2.38. The number of anilines is 1. The Morgan fingerprint density at radius 3 is 2.46 bits per heavy atom. The molecule has 7 heteroatoms. The minimum absolute atomic E-state index is 0.325. The van der Waals surface area contributed by atoms with Gasteiger partial charge in [-0.15, -0.1) is 11.3 Å². The van der Waals surface area contributed by atoms with Crippen molar-refractivity contribution in [2.45, 2.75) is 45.8 Å². The van der Waals surface area contributed by atoms with Crippen LogP contribution in [-0.4, -0.2) is 30.9 Å². The predicted octanol–water partition coefficient (Wildman–Crippen LogP) is 2.96. The lowest BCUT2D eigenvalue weighted by atomic mass is 9.79. The number of carbonyl (C=O) groups excluding carboxylic acids is 1. The van der Waals surface area contributed by atoms with E-state index in [9.17, 15) is 4.79 Å². The molecule has 1 fully saturated rings. The third-order valence-electron chi connectivity index (χ3n) is 4.74. The van der Waals surface area contributed by atoms with E-state index in [4.69, 9.17) is 19.8 Å². The number of rotatable bonds is 3. The van der Waals surface area contributed by atoms with Crippen LogP contribution in [-0.2, 0) is 14.0 Å². The molecular formula is C17H22BNO4S. The number of carbonyl (C=O) groups is 1. The first-order valence-corrected chi connectivity index (χ1v) is 8.82. The molecule has 2 N–H and O–H groups in total. The number of thiophene rings is 1. The molecular weight excluding hydrogens is 325 g/mol. The van der Waals surface area contributed by atoms with Gasteiger partial charge in [-0.1, -0.05) is 12.1 Å². The summed E-state index contributed by atoms with van der Waals surface area (Å²) in [6.07, 6.45) is 0. The quantitative estimate of drug-likeness (QED) is 0.683. The Balaban J connectivity index is 1.97. The first-order chi connectivity index (χ1) is 11.2. The zero-order valence-electron chi connectivity index (χ0n) is 14.6. The van der Waals surface area contributed by atoms with Gasteiger partial charge in [-0.25, -0.2) is 4.79 Å². The molecule has 3 rings (SSSR count). The van der Waals surface area contributed by atoms with Crippen LogP contribution in [0.5, 0.6) is 0 Å². The van der Waals surface area contributed by atoms with E-state index in [2.05, 4.69) is 0 Å². The van der Waals surface area contributed by atoms with Crippen molar-refractivity contribution in [3.63, 3.8) is 0 Å². The summed E-state index contributed by atoms with van der Waals surface area (Å²) in [5.41, 5.74) is 6.70. The summed E-state index contributed by atoms with van der Waals surface area (Å²) < 4.78 is 18.1. The van der Waals surface area contributed by atoms with Gasteiger partial charge in [0, 0.05) is 10.1 Å². The van der Waals surface area contributed by atoms with Crippen molar-refractivity contribution in [1.29, 1.82) is 0 Å². The molecule has 0 unspecified atom stereocenters. The van der Waals surface area contributed by atoms with Crippen molar-refractivity contribution in [2.75, 3.05) is 12.3 Å². The molecule has 1 saturated heterocycles. The summed E-state index contributed by atoms with van der Waals surface area (Å²) in [7, 11) is -0.436. The average Bonchev–Trinajstić information content (AvgIpc) is 2.93. The fraction of sp³-hybridized carbons (Fsp3) is 0.471. The molecule has 1 aromatic heterocycles. The molecule has 1 aliphatic rings. The van der Waals surface area contributed by atoms with Gasteiger partial charge in [0.05, 0.1) is 23.5 Å². The second-order valence-corrected chi connectivity index (χ2v) is 7.96. The van der Waals surface area contributed by atoms with Crippen LogP contribution in [0.3, 0.4) is 0 Å². The van der Waals surface area contributed by atoms with Crippen LogP contribution in [0.1, 0.15) is 44.3 Å². The van der Waals surface area contributed by atoms with E-state index in [0.717, 1.165) is 15.5 Å². The topological polar surface area (TPSA) is 70.8 Å². The standard InChI is InChI=1S/C17H22BNO4S/c1-6-21-15(20)14-13(19)11-8-7-10(9-12(11)24-14)18-22-16(2,3)17(4,5)23-18/h7-9H,6,19H2,1-5H3. The summed E-state index contributed by atoms with van der Waals surface area (Å²) >= 11 is 1.33. The number of nitrogen functional groups attached to an aromatic ring is 1. The minimum atomic E-state index is -0.436. The minimum Gasteiger partial charge on any atom is -0.462 e. The highest BCUT2D eigenvalue weighted by Gasteiger charge is 2.51. The van der Waals surface area contributed by atoms with Gasteiger partial charge < -0.3 is 19.8 Å². The zero-order chi connectivity index (χ0) is 17.7. The van der Waals surface area contributed by atoms with Crippen molar-refractivity contribution >= 4 is 45.7 Å². The van der Waals surface area contributed by atoms with Crippen LogP contribution < -0.4 is 11.2 Å². The lowest BCUT2D eigenvalue weighted by Crippen LogP contribution is -2.41. The summed E-state index contributed by atoms with van der Waals surface area (Å²) in [4.78, 5) is 12.4. The normalized spacial score (nSPS) is 19.0. The average molecular weight is 347 g/mol. The van der Waals surface area contributed by atoms with E-state index in [1.807, 2.05) is 45.9 Å². The highest BCUT2D eigenvalue weighted by atomic mass is 32.1. The second kappa shape index (κ2) is 5.76. The summed E-state index contributed by atoms with van der Waals surface area (Å²) in [5, 5.41) is 0.850. The van der Waals surface area contributed by atoms with Crippen LogP contribution in [0.4, 0.5) is 5.69 Å². The van der Waals surface area contributed by atoms with Gasteiger partial charge in [0.15, 0.2) is 0 Å². The summed E-state index contributed by atoms with van der Waals surface area (Å²) in [5.74, 6) is -0.381. The third-order valence-corrected chi connectivity index (χ3v) is 5.89. The molecule has 0 aliphatic carbocycles. The number of esters is 1. The van der Waals surface area contributed by atoms with Gasteiger partial charge in [-0.2, -0.15) is 0 Å². The maximum atomic E-state index is 12.0. The van der Waals surface area contributed by atoms with E-state index >= 15 is 0 Å². The van der Waals surface area contributed by atoms with Crippen LogP contribution in [0.15, 0.2) is 18.2 Å². The highest BCUT2D eigenvalue weighted by molar-refractivity contribution is 7.21. The third kappa shape index (κ3) is 2.70. The molecule has 0 amide bonds. The Bertz CT molecular complexity index is 783. The van der Waals surface area contributed by atoms with Crippen LogP contribution in [0, 0.1) is 0 Å².